The molecule has 1 aliphatic rings. The molecule has 0 aromatic carbocycles. The Bertz CT molecular complexity index is 439. The van der Waals surface area contributed by atoms with Crippen LogP contribution >= 0.6 is 0 Å². The molecule has 0 atom stereocenters. The van der Waals surface area contributed by atoms with E-state index in [2.05, 4.69) is 22.2 Å². The molecule has 0 aliphatic heterocycles. The van der Waals surface area contributed by atoms with E-state index in [0.29, 0.717) is 5.92 Å². The zero-order valence-corrected chi connectivity index (χ0v) is 10.7. The molecular formula is C12H17F3N4. The number of rotatable bonds is 2. The van der Waals surface area contributed by atoms with Crippen LogP contribution in [0.15, 0.2) is 6.07 Å². The van der Waals surface area contributed by atoms with Gasteiger partial charge in [0.2, 0.25) is 5.95 Å². The van der Waals surface area contributed by atoms with Gasteiger partial charge in [-0.05, 0) is 31.6 Å². The number of anilines is 2. The molecule has 0 unspecified atom stereocenters. The summed E-state index contributed by atoms with van der Waals surface area (Å²) in [5, 5.41) is 3.02. The monoisotopic (exact) mass is 274 g/mol. The average molecular weight is 274 g/mol. The lowest BCUT2D eigenvalue weighted by Gasteiger charge is -2.27. The van der Waals surface area contributed by atoms with Gasteiger partial charge < -0.3 is 11.1 Å². The predicted molar refractivity (Wildman–Crippen MR) is 66.5 cm³/mol. The maximum absolute atomic E-state index is 12.6. The van der Waals surface area contributed by atoms with Gasteiger partial charge in [-0.15, -0.1) is 0 Å². The normalized spacial score (nSPS) is 24.2. The van der Waals surface area contributed by atoms with Crippen molar-refractivity contribution in [2.45, 2.75) is 44.8 Å². The minimum atomic E-state index is -4.51. The fraction of sp³-hybridized carbons (Fsp3) is 0.667. The summed E-state index contributed by atoms with van der Waals surface area (Å²) in [6.45, 7) is 2.18. The molecule has 7 heteroatoms. The van der Waals surface area contributed by atoms with E-state index in [1.54, 1.807) is 0 Å². The third kappa shape index (κ3) is 3.71. The first kappa shape index (κ1) is 13.9. The van der Waals surface area contributed by atoms with Gasteiger partial charge in [-0.1, -0.05) is 6.92 Å². The molecule has 1 aliphatic carbocycles. The van der Waals surface area contributed by atoms with Gasteiger partial charge in [0.25, 0.3) is 0 Å². The standard InChI is InChI=1S/C12H17F3N4/c1-7-2-4-8(5-3-7)17-10-6-9(12(13,14)15)18-11(16)19-10/h6-8H,2-5H2,1H3,(H3,16,17,18,19). The molecule has 0 saturated heterocycles. The number of nitrogens with zero attached hydrogens (tertiary/aromatic N) is 2. The number of hydrogen-bond acceptors (Lipinski definition) is 4. The minimum absolute atomic E-state index is 0.152. The molecule has 19 heavy (non-hydrogen) atoms. The van der Waals surface area contributed by atoms with Crippen molar-refractivity contribution in [3.05, 3.63) is 11.8 Å². The van der Waals surface area contributed by atoms with E-state index in [1.807, 2.05) is 0 Å². The van der Waals surface area contributed by atoms with Gasteiger partial charge in [-0.25, -0.2) is 4.98 Å². The summed E-state index contributed by atoms with van der Waals surface area (Å²) < 4.78 is 37.8. The van der Waals surface area contributed by atoms with Crippen LogP contribution in [0.1, 0.15) is 38.3 Å². The zero-order valence-electron chi connectivity index (χ0n) is 10.7. The number of nitrogen functional groups attached to an aromatic ring is 1. The molecule has 1 saturated carbocycles. The number of hydrogen-bond donors (Lipinski definition) is 2. The zero-order chi connectivity index (χ0) is 14.0. The molecule has 1 aromatic rings. The van der Waals surface area contributed by atoms with Crippen LogP contribution in [0.25, 0.3) is 0 Å². The average Bonchev–Trinajstić information content (AvgIpc) is 2.30. The van der Waals surface area contributed by atoms with Crippen LogP contribution < -0.4 is 11.1 Å². The second-order valence-corrected chi connectivity index (χ2v) is 5.10. The number of halogens is 3. The van der Waals surface area contributed by atoms with Crippen molar-refractivity contribution in [2.75, 3.05) is 11.1 Å². The summed E-state index contributed by atoms with van der Waals surface area (Å²) in [5.41, 5.74) is 4.31. The summed E-state index contributed by atoms with van der Waals surface area (Å²) in [6.07, 6.45) is -0.484. The summed E-state index contributed by atoms with van der Waals surface area (Å²) in [6, 6.07) is 1.07. The largest absolute Gasteiger partial charge is 0.433 e. The van der Waals surface area contributed by atoms with Gasteiger partial charge in [-0.3, -0.25) is 0 Å². The maximum Gasteiger partial charge on any atom is 0.433 e. The Morgan fingerprint density at radius 1 is 1.21 bits per heavy atom. The van der Waals surface area contributed by atoms with Crippen LogP contribution in [0.2, 0.25) is 0 Å². The van der Waals surface area contributed by atoms with Crippen molar-refractivity contribution in [3.63, 3.8) is 0 Å². The molecule has 1 heterocycles. The number of alkyl halides is 3. The lowest BCUT2D eigenvalue weighted by atomic mass is 9.87. The lowest BCUT2D eigenvalue weighted by Crippen LogP contribution is -2.26. The van der Waals surface area contributed by atoms with E-state index >= 15 is 0 Å². The highest BCUT2D eigenvalue weighted by atomic mass is 19.4. The highest BCUT2D eigenvalue weighted by Gasteiger charge is 2.33. The Morgan fingerprint density at radius 2 is 1.84 bits per heavy atom. The van der Waals surface area contributed by atoms with Crippen LogP contribution in [-0.4, -0.2) is 16.0 Å². The van der Waals surface area contributed by atoms with Gasteiger partial charge in [0.15, 0.2) is 5.69 Å². The van der Waals surface area contributed by atoms with Crippen LogP contribution in [0.4, 0.5) is 24.9 Å². The van der Waals surface area contributed by atoms with Crippen LogP contribution in [0.3, 0.4) is 0 Å². The molecule has 1 aromatic heterocycles. The van der Waals surface area contributed by atoms with E-state index in [0.717, 1.165) is 31.7 Å². The first-order chi connectivity index (χ1) is 8.84. The Kier molecular flexibility index (Phi) is 3.82. The fourth-order valence-corrected chi connectivity index (χ4v) is 2.30. The third-order valence-corrected chi connectivity index (χ3v) is 3.40. The van der Waals surface area contributed by atoms with E-state index in [9.17, 15) is 13.2 Å². The van der Waals surface area contributed by atoms with Gasteiger partial charge in [0.1, 0.15) is 5.82 Å². The van der Waals surface area contributed by atoms with E-state index in [1.165, 1.54) is 0 Å². The number of aromatic nitrogens is 2. The van der Waals surface area contributed by atoms with Crippen molar-refractivity contribution in [2.24, 2.45) is 5.92 Å². The molecule has 4 nitrogen and oxygen atoms in total. The first-order valence-corrected chi connectivity index (χ1v) is 6.33. The molecule has 0 bridgehead atoms. The Morgan fingerprint density at radius 3 is 2.42 bits per heavy atom. The Balaban J connectivity index is 2.10. The minimum Gasteiger partial charge on any atom is -0.368 e. The van der Waals surface area contributed by atoms with Crippen molar-refractivity contribution in [1.82, 2.24) is 9.97 Å². The predicted octanol–water partition coefficient (Wildman–Crippen LogP) is 3.07. The molecule has 3 N–H and O–H groups in total. The molecule has 2 rings (SSSR count). The fourth-order valence-electron chi connectivity index (χ4n) is 2.30. The molecule has 106 valence electrons. The van der Waals surface area contributed by atoms with E-state index in [-0.39, 0.29) is 17.8 Å². The number of nitrogens with one attached hydrogen (secondary N) is 1. The summed E-state index contributed by atoms with van der Waals surface area (Å²) in [5.74, 6) is 0.472. The van der Waals surface area contributed by atoms with Gasteiger partial charge >= 0.3 is 6.18 Å². The van der Waals surface area contributed by atoms with Crippen molar-refractivity contribution in [3.8, 4) is 0 Å². The van der Waals surface area contributed by atoms with Crippen molar-refractivity contribution < 1.29 is 13.2 Å². The van der Waals surface area contributed by atoms with Crippen molar-refractivity contribution in [1.29, 1.82) is 0 Å². The van der Waals surface area contributed by atoms with Crippen molar-refractivity contribution >= 4 is 11.8 Å². The van der Waals surface area contributed by atoms with Gasteiger partial charge in [0.05, 0.1) is 0 Å². The van der Waals surface area contributed by atoms with Crippen LogP contribution in [0.5, 0.6) is 0 Å². The maximum atomic E-state index is 12.6. The molecule has 0 amide bonds. The van der Waals surface area contributed by atoms with Gasteiger partial charge in [0, 0.05) is 12.1 Å². The second kappa shape index (κ2) is 5.22. The van der Waals surface area contributed by atoms with E-state index < -0.39 is 11.9 Å². The van der Waals surface area contributed by atoms with E-state index in [4.69, 9.17) is 5.73 Å². The summed E-state index contributed by atoms with van der Waals surface area (Å²) >= 11 is 0. The SMILES string of the molecule is CC1CCC(Nc2cc(C(F)(F)F)nc(N)n2)CC1. The Hall–Kier alpha value is -1.53. The molecule has 0 spiro atoms. The summed E-state index contributed by atoms with van der Waals surface area (Å²) in [4.78, 5) is 7.03. The smallest absolute Gasteiger partial charge is 0.368 e. The number of nitrogens with two attached hydrogens (primary N) is 1. The highest BCUT2D eigenvalue weighted by Crippen LogP contribution is 2.30. The van der Waals surface area contributed by atoms with Crippen LogP contribution in [-0.2, 0) is 6.18 Å². The molecule has 1 fully saturated rings. The highest BCUT2D eigenvalue weighted by molar-refractivity contribution is 5.42. The topological polar surface area (TPSA) is 63.8 Å². The second-order valence-electron chi connectivity index (χ2n) is 5.10. The summed E-state index contributed by atoms with van der Waals surface area (Å²) in [7, 11) is 0. The van der Waals surface area contributed by atoms with Crippen LogP contribution in [0, 0.1) is 5.92 Å². The third-order valence-electron chi connectivity index (χ3n) is 3.40. The molecule has 0 radical (unpaired) electrons. The quantitative estimate of drug-likeness (QED) is 0.870. The Labute approximate surface area is 109 Å². The lowest BCUT2D eigenvalue weighted by molar-refractivity contribution is -0.141. The molecular weight excluding hydrogens is 257 g/mol. The first-order valence-electron chi connectivity index (χ1n) is 6.33. The van der Waals surface area contributed by atoms with Gasteiger partial charge in [-0.2, -0.15) is 18.2 Å².